The summed E-state index contributed by atoms with van der Waals surface area (Å²) in [7, 11) is 0. The topological polar surface area (TPSA) is 70.2 Å². The van der Waals surface area contributed by atoms with Crippen LogP contribution in [-0.2, 0) is 9.59 Å². The first kappa shape index (κ1) is 19.7. The Morgan fingerprint density at radius 2 is 1.61 bits per heavy atom. The molecule has 3 heterocycles. The highest BCUT2D eigenvalue weighted by Crippen LogP contribution is 2.68. The predicted molar refractivity (Wildman–Crippen MR) is 124 cm³/mol. The summed E-state index contributed by atoms with van der Waals surface area (Å²) in [6.07, 6.45) is 0.842. The average Bonchev–Trinajstić information content (AvgIpc) is 3.54. The van der Waals surface area contributed by atoms with Crippen molar-refractivity contribution in [3.05, 3.63) is 80.5 Å². The van der Waals surface area contributed by atoms with E-state index >= 15 is 0 Å². The molecule has 3 fully saturated rings. The quantitative estimate of drug-likeness (QED) is 0.559. The number of aromatic amines is 1. The standard InChI is InChI=1S/C25H19FN2O3S2/c26-12-8-6-11(7-9-12)16-17-14-10-15(20(17)32-22-21(16)33-25(31)27-22)19-18(14)23(29)28(24(19)30)13-4-2-1-3-5-13/h1-9,14-20H,10H2,(H,27,31)/t14-,15-,16+,17-,18+,19-,20+/m1/s1. The molecular formula is C25H19FN2O3S2. The fourth-order valence-electron chi connectivity index (χ4n) is 6.89. The molecule has 4 aliphatic rings. The first-order chi connectivity index (χ1) is 16.0. The number of carbonyl (C=O) groups is 2. The lowest BCUT2D eigenvalue weighted by molar-refractivity contribution is -0.123. The van der Waals surface area contributed by atoms with E-state index in [-0.39, 0.29) is 63.3 Å². The summed E-state index contributed by atoms with van der Waals surface area (Å²) < 4.78 is 13.7. The lowest BCUT2D eigenvalue weighted by Gasteiger charge is -2.43. The number of benzene rings is 2. The second kappa shape index (κ2) is 6.90. The predicted octanol–water partition coefficient (Wildman–Crippen LogP) is 4.25. The molecule has 3 aromatic rings. The number of thioether (sulfide) groups is 1. The highest BCUT2D eigenvalue weighted by molar-refractivity contribution is 8.00. The molecule has 7 atom stereocenters. The Bertz CT molecular complexity index is 1350. The van der Waals surface area contributed by atoms with Gasteiger partial charge in [0.1, 0.15) is 5.82 Å². The molecular weight excluding hydrogens is 459 g/mol. The maximum atomic E-state index is 13.7. The molecule has 33 heavy (non-hydrogen) atoms. The number of carbonyl (C=O) groups excluding carboxylic acids is 2. The number of halogens is 1. The van der Waals surface area contributed by atoms with Gasteiger partial charge in [0.2, 0.25) is 11.8 Å². The van der Waals surface area contributed by atoms with Crippen molar-refractivity contribution in [2.45, 2.75) is 22.6 Å². The van der Waals surface area contributed by atoms with Gasteiger partial charge in [-0.25, -0.2) is 4.39 Å². The van der Waals surface area contributed by atoms with Crippen LogP contribution < -0.4 is 9.77 Å². The van der Waals surface area contributed by atoms with E-state index in [4.69, 9.17) is 0 Å². The fraction of sp³-hybridized carbons (Fsp3) is 0.320. The average molecular weight is 479 g/mol. The molecule has 0 spiro atoms. The Hall–Kier alpha value is -2.71. The fourth-order valence-corrected chi connectivity index (χ4v) is 9.78. The Balaban J connectivity index is 1.34. The molecule has 8 heteroatoms. The number of hydrogen-bond donors (Lipinski definition) is 1. The summed E-state index contributed by atoms with van der Waals surface area (Å²) in [4.78, 5) is 44.6. The largest absolute Gasteiger partial charge is 0.307 e. The van der Waals surface area contributed by atoms with Crippen molar-refractivity contribution in [2.24, 2.45) is 29.6 Å². The zero-order valence-corrected chi connectivity index (χ0v) is 18.9. The van der Waals surface area contributed by atoms with Crippen molar-refractivity contribution in [2.75, 3.05) is 4.90 Å². The van der Waals surface area contributed by atoms with Crippen LogP contribution in [0.1, 0.15) is 22.8 Å². The van der Waals surface area contributed by atoms with Crippen molar-refractivity contribution < 1.29 is 14.0 Å². The summed E-state index contributed by atoms with van der Waals surface area (Å²) in [5.74, 6) is -0.946. The minimum absolute atomic E-state index is 0.0584. The third-order valence-corrected chi connectivity index (χ3v) is 10.6. The lowest BCUT2D eigenvalue weighted by Crippen LogP contribution is -2.42. The van der Waals surface area contributed by atoms with E-state index in [1.807, 2.05) is 30.3 Å². The number of imide groups is 1. The number of anilines is 1. The van der Waals surface area contributed by atoms with Crippen molar-refractivity contribution in [1.29, 1.82) is 0 Å². The third kappa shape index (κ3) is 2.62. The molecule has 2 amide bonds. The summed E-state index contributed by atoms with van der Waals surface area (Å²) >= 11 is 2.87. The first-order valence-electron chi connectivity index (χ1n) is 11.1. The number of amides is 2. The van der Waals surface area contributed by atoms with Crippen molar-refractivity contribution in [1.82, 2.24) is 4.98 Å². The van der Waals surface area contributed by atoms with Gasteiger partial charge in [-0.15, -0.1) is 11.8 Å². The van der Waals surface area contributed by atoms with Crippen LogP contribution in [-0.4, -0.2) is 22.0 Å². The molecule has 7 rings (SSSR count). The highest BCUT2D eigenvalue weighted by Gasteiger charge is 2.69. The number of rotatable bonds is 2. The van der Waals surface area contributed by atoms with Gasteiger partial charge in [0.05, 0.1) is 22.5 Å². The minimum Gasteiger partial charge on any atom is -0.307 e. The zero-order chi connectivity index (χ0) is 22.4. The van der Waals surface area contributed by atoms with Crippen LogP contribution in [0.5, 0.6) is 0 Å². The Morgan fingerprint density at radius 3 is 2.33 bits per heavy atom. The zero-order valence-electron chi connectivity index (χ0n) is 17.3. The number of nitrogens with zero attached hydrogens (tertiary/aromatic N) is 1. The van der Waals surface area contributed by atoms with Gasteiger partial charge in [0, 0.05) is 16.0 Å². The van der Waals surface area contributed by atoms with E-state index in [0.717, 1.165) is 21.9 Å². The first-order valence-corrected chi connectivity index (χ1v) is 12.8. The summed E-state index contributed by atoms with van der Waals surface area (Å²) in [5, 5.41) is 0.998. The number of thiazole rings is 1. The normalized spacial score (nSPS) is 33.8. The summed E-state index contributed by atoms with van der Waals surface area (Å²) in [6.45, 7) is 0. The van der Waals surface area contributed by atoms with Gasteiger partial charge in [0.25, 0.3) is 0 Å². The number of para-hydroxylation sites is 1. The van der Waals surface area contributed by atoms with Gasteiger partial charge in [0.15, 0.2) is 0 Å². The molecule has 2 aliphatic carbocycles. The van der Waals surface area contributed by atoms with Crippen LogP contribution in [0.25, 0.3) is 0 Å². The Morgan fingerprint density at radius 1 is 0.909 bits per heavy atom. The van der Waals surface area contributed by atoms with Crippen LogP contribution in [0.15, 0.2) is 64.4 Å². The van der Waals surface area contributed by atoms with Gasteiger partial charge in [-0.2, -0.15) is 0 Å². The molecule has 1 N–H and O–H groups in total. The molecule has 2 bridgehead atoms. The molecule has 166 valence electrons. The maximum Gasteiger partial charge on any atom is 0.305 e. The van der Waals surface area contributed by atoms with Crippen molar-refractivity contribution >= 4 is 40.6 Å². The minimum atomic E-state index is -0.329. The summed E-state index contributed by atoms with van der Waals surface area (Å²) in [5.41, 5.74) is 1.60. The van der Waals surface area contributed by atoms with E-state index in [2.05, 4.69) is 4.98 Å². The van der Waals surface area contributed by atoms with Gasteiger partial charge < -0.3 is 4.98 Å². The third-order valence-electron chi connectivity index (χ3n) is 7.97. The number of nitrogens with one attached hydrogen (secondary N) is 1. The van der Waals surface area contributed by atoms with Gasteiger partial charge in [-0.3, -0.25) is 19.3 Å². The van der Waals surface area contributed by atoms with Crippen molar-refractivity contribution in [3.63, 3.8) is 0 Å². The highest BCUT2D eigenvalue weighted by atomic mass is 32.2. The van der Waals surface area contributed by atoms with E-state index in [1.54, 1.807) is 23.9 Å². The number of fused-ring (bicyclic) bond motifs is 9. The number of hydrogen-bond acceptors (Lipinski definition) is 5. The van der Waals surface area contributed by atoms with Crippen LogP contribution in [0.3, 0.4) is 0 Å². The second-order valence-electron chi connectivity index (χ2n) is 9.36. The van der Waals surface area contributed by atoms with Gasteiger partial charge in [-0.05, 0) is 54.0 Å². The van der Waals surface area contributed by atoms with Gasteiger partial charge >= 0.3 is 4.87 Å². The Kier molecular flexibility index (Phi) is 4.13. The molecule has 5 nitrogen and oxygen atoms in total. The smallest absolute Gasteiger partial charge is 0.305 e. The molecule has 0 radical (unpaired) electrons. The molecule has 1 saturated heterocycles. The molecule has 0 unspecified atom stereocenters. The summed E-state index contributed by atoms with van der Waals surface area (Å²) in [6, 6.07) is 15.7. The van der Waals surface area contributed by atoms with Gasteiger partial charge in [-0.1, -0.05) is 41.7 Å². The van der Waals surface area contributed by atoms with Crippen LogP contribution >= 0.6 is 23.1 Å². The lowest BCUT2D eigenvalue weighted by atomic mass is 9.68. The Labute approximate surface area is 197 Å². The van der Waals surface area contributed by atoms with E-state index < -0.39 is 0 Å². The molecule has 2 aromatic carbocycles. The van der Waals surface area contributed by atoms with Crippen LogP contribution in [0.4, 0.5) is 10.1 Å². The van der Waals surface area contributed by atoms with Crippen LogP contribution in [0, 0.1) is 35.4 Å². The SMILES string of the molecule is O=C1[C@@H]2[C@H]3C[C@@H]([C@@H]2C(=O)N1c1ccccc1)[C@@H]1[C@H](c2ccc(F)cc2)c2sc(=O)[nH]c2S[C@@H]31. The van der Waals surface area contributed by atoms with Crippen molar-refractivity contribution in [3.8, 4) is 0 Å². The monoisotopic (exact) mass is 478 g/mol. The van der Waals surface area contributed by atoms with E-state index in [0.29, 0.717) is 5.69 Å². The molecule has 2 aliphatic heterocycles. The van der Waals surface area contributed by atoms with E-state index in [9.17, 15) is 18.8 Å². The number of H-pyrrole nitrogens is 1. The van der Waals surface area contributed by atoms with E-state index in [1.165, 1.54) is 28.4 Å². The number of aromatic nitrogens is 1. The second-order valence-corrected chi connectivity index (χ2v) is 11.6. The molecule has 1 aromatic heterocycles. The molecule has 2 saturated carbocycles. The van der Waals surface area contributed by atoms with Crippen LogP contribution in [0.2, 0.25) is 0 Å². The maximum absolute atomic E-state index is 13.7.